The first kappa shape index (κ1) is 11.8. The van der Waals surface area contributed by atoms with Gasteiger partial charge >= 0.3 is 0 Å². The van der Waals surface area contributed by atoms with E-state index < -0.39 is 0 Å². The number of anilines is 1. The molecule has 0 amide bonds. The third kappa shape index (κ3) is 2.37. The van der Waals surface area contributed by atoms with Crippen LogP contribution in [0.4, 0.5) is 5.82 Å². The first-order chi connectivity index (χ1) is 8.11. The van der Waals surface area contributed by atoms with Gasteiger partial charge in [-0.05, 0) is 20.8 Å². The molecule has 1 aliphatic heterocycles. The van der Waals surface area contributed by atoms with Crippen LogP contribution in [0.5, 0.6) is 0 Å². The molecule has 0 spiro atoms. The predicted octanol–water partition coefficient (Wildman–Crippen LogP) is 1.35. The van der Waals surface area contributed by atoms with Crippen molar-refractivity contribution in [2.45, 2.75) is 39.0 Å². The molecule has 2 heterocycles. The maximum Gasteiger partial charge on any atom is 0.158 e. The first-order valence-corrected chi connectivity index (χ1v) is 5.76. The summed E-state index contributed by atoms with van der Waals surface area (Å²) in [6, 6.07) is 2.23. The van der Waals surface area contributed by atoms with Gasteiger partial charge in [0, 0.05) is 6.54 Å². The lowest BCUT2D eigenvalue weighted by Gasteiger charge is -2.41. The van der Waals surface area contributed by atoms with Crippen LogP contribution in [0.15, 0.2) is 12.4 Å². The molecule has 1 fully saturated rings. The van der Waals surface area contributed by atoms with Crippen LogP contribution in [0.3, 0.4) is 0 Å². The van der Waals surface area contributed by atoms with Crippen molar-refractivity contribution in [2.24, 2.45) is 0 Å². The molecule has 0 radical (unpaired) electrons. The van der Waals surface area contributed by atoms with Gasteiger partial charge in [0.2, 0.25) is 0 Å². The number of hydrogen-bond acceptors (Lipinski definition) is 5. The van der Waals surface area contributed by atoms with Crippen molar-refractivity contribution >= 4 is 5.82 Å². The van der Waals surface area contributed by atoms with E-state index in [1.165, 1.54) is 6.20 Å². The molecule has 0 aromatic carbocycles. The van der Waals surface area contributed by atoms with Crippen LogP contribution >= 0.6 is 0 Å². The van der Waals surface area contributed by atoms with Crippen molar-refractivity contribution in [2.75, 3.05) is 11.4 Å². The Kier molecular flexibility index (Phi) is 3.25. The van der Waals surface area contributed by atoms with Crippen molar-refractivity contribution in [1.82, 2.24) is 9.97 Å². The van der Waals surface area contributed by atoms with Crippen LogP contribution in [0.1, 0.15) is 26.5 Å². The third-order valence-electron chi connectivity index (χ3n) is 3.12. The van der Waals surface area contributed by atoms with E-state index in [1.54, 1.807) is 6.20 Å². The molecule has 3 atom stereocenters. The summed E-state index contributed by atoms with van der Waals surface area (Å²) in [4.78, 5) is 10.5. The largest absolute Gasteiger partial charge is 0.372 e. The number of rotatable bonds is 1. The number of ether oxygens (including phenoxy) is 1. The van der Waals surface area contributed by atoms with Crippen LogP contribution in [0.25, 0.3) is 0 Å². The van der Waals surface area contributed by atoms with Gasteiger partial charge in [-0.1, -0.05) is 0 Å². The molecule has 1 aromatic rings. The highest BCUT2D eigenvalue weighted by molar-refractivity contribution is 5.39. The van der Waals surface area contributed by atoms with Crippen LogP contribution < -0.4 is 4.90 Å². The molecule has 5 heteroatoms. The van der Waals surface area contributed by atoms with Gasteiger partial charge in [-0.25, -0.2) is 9.97 Å². The Balaban J connectivity index is 2.22. The predicted molar refractivity (Wildman–Crippen MR) is 63.6 cm³/mol. The highest BCUT2D eigenvalue weighted by atomic mass is 16.5. The maximum absolute atomic E-state index is 8.69. The minimum absolute atomic E-state index is 0.163. The molecular formula is C12H16N4O. The minimum Gasteiger partial charge on any atom is -0.372 e. The number of morpholine rings is 1. The zero-order valence-electron chi connectivity index (χ0n) is 10.3. The Morgan fingerprint density at radius 2 is 2.12 bits per heavy atom. The number of nitrogens with zero attached hydrogens (tertiary/aromatic N) is 4. The highest BCUT2D eigenvalue weighted by Crippen LogP contribution is 2.22. The summed E-state index contributed by atoms with van der Waals surface area (Å²) in [7, 11) is 0. The van der Waals surface area contributed by atoms with Crippen molar-refractivity contribution in [1.29, 1.82) is 5.26 Å². The Hall–Kier alpha value is -1.67. The molecule has 5 nitrogen and oxygen atoms in total. The molecule has 2 rings (SSSR count). The monoisotopic (exact) mass is 232 g/mol. The van der Waals surface area contributed by atoms with Crippen molar-refractivity contribution in [3.63, 3.8) is 0 Å². The average molecular weight is 232 g/mol. The summed E-state index contributed by atoms with van der Waals surface area (Å²) < 4.78 is 5.75. The molecule has 90 valence electrons. The standard InChI is InChI=1S/C12H16N4O/c1-8-7-16(9(2)10(3)17-8)12-6-14-11(4-13)5-15-12/h5-6,8-10H,7H2,1-3H3. The molecule has 1 aliphatic rings. The maximum atomic E-state index is 8.69. The molecule has 1 saturated heterocycles. The molecule has 0 saturated carbocycles. The second-order valence-corrected chi connectivity index (χ2v) is 4.42. The smallest absolute Gasteiger partial charge is 0.158 e. The van der Waals surface area contributed by atoms with Gasteiger partial charge in [0.1, 0.15) is 11.9 Å². The van der Waals surface area contributed by atoms with Gasteiger partial charge in [0.05, 0.1) is 30.6 Å². The summed E-state index contributed by atoms with van der Waals surface area (Å²) in [5.74, 6) is 0.804. The van der Waals surface area contributed by atoms with Gasteiger partial charge < -0.3 is 9.64 Å². The van der Waals surface area contributed by atoms with Crippen LogP contribution in [0, 0.1) is 11.3 Å². The van der Waals surface area contributed by atoms with Crippen molar-refractivity contribution in [3.05, 3.63) is 18.1 Å². The normalized spacial score (nSPS) is 28.8. The minimum atomic E-state index is 0.163. The number of nitriles is 1. The van der Waals surface area contributed by atoms with E-state index in [4.69, 9.17) is 10.00 Å². The molecule has 0 N–H and O–H groups in total. The fourth-order valence-electron chi connectivity index (χ4n) is 2.05. The Morgan fingerprint density at radius 3 is 2.71 bits per heavy atom. The SMILES string of the molecule is CC1CN(c2cnc(C#N)cn2)C(C)C(C)O1. The van der Waals surface area contributed by atoms with Gasteiger partial charge in [-0.3, -0.25) is 0 Å². The lowest BCUT2D eigenvalue weighted by Crippen LogP contribution is -2.52. The van der Waals surface area contributed by atoms with Gasteiger partial charge in [0.25, 0.3) is 0 Å². The Bertz CT molecular complexity index is 425. The fourth-order valence-corrected chi connectivity index (χ4v) is 2.05. The van der Waals surface area contributed by atoms with Crippen LogP contribution in [-0.2, 0) is 4.74 Å². The first-order valence-electron chi connectivity index (χ1n) is 5.76. The molecule has 3 unspecified atom stereocenters. The number of hydrogen-bond donors (Lipinski definition) is 0. The Labute approximate surface area is 101 Å². The lowest BCUT2D eigenvalue weighted by atomic mass is 10.1. The lowest BCUT2D eigenvalue weighted by molar-refractivity contribution is -0.0260. The summed E-state index contributed by atoms with van der Waals surface area (Å²) in [6.45, 7) is 7.01. The summed E-state index contributed by atoms with van der Waals surface area (Å²) >= 11 is 0. The van der Waals surface area contributed by atoms with Crippen molar-refractivity contribution < 1.29 is 4.74 Å². The second-order valence-electron chi connectivity index (χ2n) is 4.42. The van der Waals surface area contributed by atoms with Crippen molar-refractivity contribution in [3.8, 4) is 6.07 Å². The van der Waals surface area contributed by atoms with E-state index in [0.717, 1.165) is 12.4 Å². The zero-order chi connectivity index (χ0) is 12.4. The molecular weight excluding hydrogens is 216 g/mol. The molecule has 1 aromatic heterocycles. The molecule has 0 bridgehead atoms. The van der Waals surface area contributed by atoms with E-state index in [0.29, 0.717) is 5.69 Å². The fraction of sp³-hybridized carbons (Fsp3) is 0.583. The van der Waals surface area contributed by atoms with E-state index in [-0.39, 0.29) is 18.2 Å². The van der Waals surface area contributed by atoms with Gasteiger partial charge in [-0.15, -0.1) is 0 Å². The van der Waals surface area contributed by atoms with Gasteiger partial charge in [-0.2, -0.15) is 5.26 Å². The summed E-state index contributed by atoms with van der Waals surface area (Å²) in [6.07, 6.45) is 3.50. The van der Waals surface area contributed by atoms with Gasteiger partial charge in [0.15, 0.2) is 5.69 Å². The second kappa shape index (κ2) is 4.68. The zero-order valence-corrected chi connectivity index (χ0v) is 10.3. The highest BCUT2D eigenvalue weighted by Gasteiger charge is 2.30. The topological polar surface area (TPSA) is 62.0 Å². The summed E-state index contributed by atoms with van der Waals surface area (Å²) in [5.41, 5.74) is 0.343. The molecule has 17 heavy (non-hydrogen) atoms. The van der Waals surface area contributed by atoms with E-state index in [9.17, 15) is 0 Å². The van der Waals surface area contributed by atoms with E-state index >= 15 is 0 Å². The average Bonchev–Trinajstić information content (AvgIpc) is 2.34. The summed E-state index contributed by atoms with van der Waals surface area (Å²) in [5, 5.41) is 8.69. The van der Waals surface area contributed by atoms with Crippen LogP contribution in [-0.4, -0.2) is 34.8 Å². The van der Waals surface area contributed by atoms with E-state index in [1.807, 2.05) is 13.0 Å². The van der Waals surface area contributed by atoms with Crippen LogP contribution in [0.2, 0.25) is 0 Å². The quantitative estimate of drug-likeness (QED) is 0.731. The third-order valence-corrected chi connectivity index (χ3v) is 3.12. The molecule has 0 aliphatic carbocycles. The number of aromatic nitrogens is 2. The van der Waals surface area contributed by atoms with E-state index in [2.05, 4.69) is 28.7 Å². The Morgan fingerprint density at radius 1 is 1.35 bits per heavy atom.